The summed E-state index contributed by atoms with van der Waals surface area (Å²) in [5, 5.41) is 9.72. The average Bonchev–Trinajstić information content (AvgIpc) is 2.18. The van der Waals surface area contributed by atoms with Gasteiger partial charge in [0.1, 0.15) is 0 Å². The lowest BCUT2D eigenvalue weighted by atomic mass is 9.92. The van der Waals surface area contributed by atoms with Gasteiger partial charge in [0.2, 0.25) is 0 Å². The Balaban J connectivity index is 3.07. The minimum atomic E-state index is -1.71. The smallest absolute Gasteiger partial charge is 0.191 e. The molecule has 0 aliphatic heterocycles. The Kier molecular flexibility index (Phi) is 2.63. The number of carbonyl (C=O) groups is 1. The third kappa shape index (κ3) is 1.84. The van der Waals surface area contributed by atoms with E-state index in [0.717, 1.165) is 6.08 Å². The number of hydrogen-bond donors (Lipinski definition) is 1. The fourth-order valence-corrected chi connectivity index (χ4v) is 1.02. The molecule has 0 amide bonds. The molecule has 13 heavy (non-hydrogen) atoms. The lowest BCUT2D eigenvalue weighted by Crippen LogP contribution is -2.30. The molecule has 0 fully saturated rings. The quantitative estimate of drug-likeness (QED) is 0.706. The maximum Gasteiger partial charge on any atom is 0.191 e. The number of carbonyl (C=O) groups excluding carboxylic acids is 1. The average molecular weight is 175 g/mol. The van der Waals surface area contributed by atoms with Crippen LogP contribution in [0.1, 0.15) is 5.56 Å². The monoisotopic (exact) mass is 175 g/mol. The van der Waals surface area contributed by atoms with Crippen molar-refractivity contribution >= 4 is 5.78 Å². The zero-order chi connectivity index (χ0) is 9.90. The van der Waals surface area contributed by atoms with E-state index < -0.39 is 11.4 Å². The van der Waals surface area contributed by atoms with Crippen LogP contribution in [0.5, 0.6) is 0 Å². The minimum absolute atomic E-state index is 0.472. The van der Waals surface area contributed by atoms with Crippen LogP contribution < -0.4 is 0 Å². The predicted molar refractivity (Wildman–Crippen MR) is 50.9 cm³/mol. The van der Waals surface area contributed by atoms with Crippen LogP contribution >= 0.6 is 0 Å². The largest absolute Gasteiger partial charge is 0.377 e. The van der Waals surface area contributed by atoms with E-state index in [1.54, 1.807) is 30.3 Å². The highest BCUT2D eigenvalue weighted by atomic mass is 16.3. The molecule has 0 aliphatic rings. The summed E-state index contributed by atoms with van der Waals surface area (Å²) >= 11 is 0. The molecule has 0 aliphatic carbocycles. The van der Waals surface area contributed by atoms with Crippen LogP contribution in [0.3, 0.4) is 0 Å². The molecule has 0 spiro atoms. The molecular weight excluding hydrogens is 164 g/mol. The Labute approximate surface area is 77.5 Å². The van der Waals surface area contributed by atoms with E-state index in [-0.39, 0.29) is 0 Å². The Bertz CT molecular complexity index is 312. The molecule has 0 saturated heterocycles. The van der Waals surface area contributed by atoms with Gasteiger partial charge >= 0.3 is 0 Å². The third-order valence-corrected chi connectivity index (χ3v) is 1.84. The maximum absolute atomic E-state index is 11.2. The zero-order valence-electron chi connectivity index (χ0n) is 7.23. The predicted octanol–water partition coefficient (Wildman–Crippen LogP) is 1.46. The Morgan fingerprint density at radius 2 is 1.92 bits per heavy atom. The third-order valence-electron chi connectivity index (χ3n) is 1.84. The summed E-state index contributed by atoms with van der Waals surface area (Å²) in [7, 11) is 0. The van der Waals surface area contributed by atoms with Crippen molar-refractivity contribution in [2.45, 2.75) is 5.60 Å². The number of ketones is 1. The van der Waals surface area contributed by atoms with E-state index in [1.165, 1.54) is 0 Å². The van der Waals surface area contributed by atoms with Crippen molar-refractivity contribution in [1.82, 2.24) is 0 Å². The van der Waals surface area contributed by atoms with Gasteiger partial charge in [-0.15, -0.1) is 0 Å². The first-order valence-electron chi connectivity index (χ1n) is 3.89. The van der Waals surface area contributed by atoms with Crippen molar-refractivity contribution < 1.29 is 9.90 Å². The highest BCUT2D eigenvalue weighted by Crippen LogP contribution is 2.20. The molecule has 1 aromatic carbocycles. The standard InChI is InChI=1S/C11H11O2/c1-3-10(12)11(2,13)9-7-5-4-6-8-9/h3-8,13H,1-2H2. The van der Waals surface area contributed by atoms with Gasteiger partial charge in [-0.2, -0.15) is 0 Å². The second-order valence-corrected chi connectivity index (χ2v) is 2.79. The molecule has 1 unspecified atom stereocenters. The first kappa shape index (κ1) is 9.68. The van der Waals surface area contributed by atoms with Crippen LogP contribution in [0.2, 0.25) is 0 Å². The van der Waals surface area contributed by atoms with E-state index in [2.05, 4.69) is 13.5 Å². The normalized spacial score (nSPS) is 14.6. The van der Waals surface area contributed by atoms with E-state index in [9.17, 15) is 9.90 Å². The molecule has 2 nitrogen and oxygen atoms in total. The summed E-state index contributed by atoms with van der Waals surface area (Å²) in [6.45, 7) is 6.75. The molecule has 67 valence electrons. The van der Waals surface area contributed by atoms with Crippen LogP contribution in [-0.4, -0.2) is 10.9 Å². The Hall–Kier alpha value is -1.41. The molecule has 1 aromatic rings. The summed E-state index contributed by atoms with van der Waals surface area (Å²) in [5.41, 5.74) is -1.23. The second-order valence-electron chi connectivity index (χ2n) is 2.79. The number of rotatable bonds is 3. The Morgan fingerprint density at radius 1 is 1.38 bits per heavy atom. The second kappa shape index (κ2) is 3.54. The number of aliphatic hydroxyl groups is 1. The molecule has 1 radical (unpaired) electrons. The van der Waals surface area contributed by atoms with Crippen molar-refractivity contribution in [3.63, 3.8) is 0 Å². The SMILES string of the molecule is [CH2]C(O)(C(=O)C=C)c1ccccc1. The van der Waals surface area contributed by atoms with Gasteiger partial charge < -0.3 is 5.11 Å². The van der Waals surface area contributed by atoms with Gasteiger partial charge in [0.25, 0.3) is 0 Å². The van der Waals surface area contributed by atoms with Gasteiger partial charge in [-0.25, -0.2) is 0 Å². The molecule has 0 aromatic heterocycles. The molecular formula is C11H11O2. The van der Waals surface area contributed by atoms with Crippen molar-refractivity contribution in [1.29, 1.82) is 0 Å². The highest BCUT2D eigenvalue weighted by Gasteiger charge is 2.29. The van der Waals surface area contributed by atoms with Crippen LogP contribution in [0, 0.1) is 6.92 Å². The summed E-state index contributed by atoms with van der Waals surface area (Å²) in [6.07, 6.45) is 1.07. The van der Waals surface area contributed by atoms with Crippen molar-refractivity contribution in [2.75, 3.05) is 0 Å². The van der Waals surface area contributed by atoms with E-state index in [0.29, 0.717) is 5.56 Å². The van der Waals surface area contributed by atoms with Gasteiger partial charge in [-0.3, -0.25) is 4.79 Å². The lowest BCUT2D eigenvalue weighted by molar-refractivity contribution is -0.128. The summed E-state index contributed by atoms with van der Waals surface area (Å²) < 4.78 is 0. The number of benzene rings is 1. The van der Waals surface area contributed by atoms with Crippen LogP contribution in [-0.2, 0) is 10.4 Å². The summed E-state index contributed by atoms with van der Waals surface area (Å²) in [4.78, 5) is 11.2. The first-order chi connectivity index (χ1) is 6.09. The van der Waals surface area contributed by atoms with E-state index in [1.807, 2.05) is 0 Å². The fraction of sp³-hybridized carbons (Fsp3) is 0.0909. The fourth-order valence-electron chi connectivity index (χ4n) is 1.02. The molecule has 1 N–H and O–H groups in total. The van der Waals surface area contributed by atoms with Crippen molar-refractivity contribution in [2.24, 2.45) is 0 Å². The van der Waals surface area contributed by atoms with Crippen LogP contribution in [0.15, 0.2) is 43.0 Å². The van der Waals surface area contributed by atoms with Gasteiger partial charge in [-0.05, 0) is 18.6 Å². The molecule has 0 saturated carbocycles. The van der Waals surface area contributed by atoms with Crippen LogP contribution in [0.25, 0.3) is 0 Å². The van der Waals surface area contributed by atoms with Gasteiger partial charge in [0.15, 0.2) is 11.4 Å². The first-order valence-corrected chi connectivity index (χ1v) is 3.89. The van der Waals surface area contributed by atoms with Crippen LogP contribution in [0.4, 0.5) is 0 Å². The molecule has 1 atom stereocenters. The zero-order valence-corrected chi connectivity index (χ0v) is 7.23. The minimum Gasteiger partial charge on any atom is -0.377 e. The van der Waals surface area contributed by atoms with E-state index >= 15 is 0 Å². The Morgan fingerprint density at radius 3 is 2.38 bits per heavy atom. The maximum atomic E-state index is 11.2. The van der Waals surface area contributed by atoms with Crippen molar-refractivity contribution in [3.8, 4) is 0 Å². The topological polar surface area (TPSA) is 37.3 Å². The van der Waals surface area contributed by atoms with E-state index in [4.69, 9.17) is 0 Å². The van der Waals surface area contributed by atoms with Crippen molar-refractivity contribution in [3.05, 3.63) is 55.5 Å². The summed E-state index contributed by atoms with van der Waals surface area (Å²) in [5.74, 6) is -0.501. The number of hydrogen-bond acceptors (Lipinski definition) is 2. The van der Waals surface area contributed by atoms with Gasteiger partial charge in [0.05, 0.1) is 0 Å². The lowest BCUT2D eigenvalue weighted by Gasteiger charge is -2.19. The molecule has 0 bridgehead atoms. The van der Waals surface area contributed by atoms with Gasteiger partial charge in [0, 0.05) is 0 Å². The molecule has 1 rings (SSSR count). The molecule has 2 heteroatoms. The van der Waals surface area contributed by atoms with Gasteiger partial charge in [-0.1, -0.05) is 36.9 Å². The summed E-state index contributed by atoms with van der Waals surface area (Å²) in [6, 6.07) is 8.57. The molecule has 0 heterocycles. The highest BCUT2D eigenvalue weighted by molar-refractivity contribution is 5.97.